The Hall–Kier alpha value is -2.27. The van der Waals surface area contributed by atoms with E-state index in [1.165, 1.54) is 24.4 Å². The van der Waals surface area contributed by atoms with Crippen molar-refractivity contribution >= 4 is 33.1 Å². The van der Waals surface area contributed by atoms with Crippen LogP contribution in [-0.4, -0.2) is 64.0 Å². The van der Waals surface area contributed by atoms with Crippen LogP contribution in [0.15, 0.2) is 34.5 Å². The number of benzene rings is 1. The molecule has 2 aromatic rings. The van der Waals surface area contributed by atoms with Crippen molar-refractivity contribution in [1.82, 2.24) is 4.31 Å². The fourth-order valence-electron chi connectivity index (χ4n) is 3.20. The van der Waals surface area contributed by atoms with Crippen LogP contribution in [0.2, 0.25) is 0 Å². The van der Waals surface area contributed by atoms with Crippen molar-refractivity contribution in [3.8, 4) is 5.75 Å². The number of aryl methyl sites for hydroxylation is 1. The summed E-state index contributed by atoms with van der Waals surface area (Å²) in [5.74, 6) is -0.122. The molecule has 2 heterocycles. The molecule has 1 atom stereocenters. The summed E-state index contributed by atoms with van der Waals surface area (Å²) in [5.41, 5.74) is 1.44. The number of rotatable bonds is 7. The monoisotopic (exact) mass is 453 g/mol. The van der Waals surface area contributed by atoms with Gasteiger partial charge in [-0.2, -0.15) is 4.31 Å². The van der Waals surface area contributed by atoms with Gasteiger partial charge in [-0.05, 0) is 49.1 Å². The van der Waals surface area contributed by atoms with Crippen molar-refractivity contribution in [3.63, 3.8) is 0 Å². The van der Waals surface area contributed by atoms with E-state index in [-0.39, 0.29) is 41.9 Å². The molecule has 162 valence electrons. The van der Waals surface area contributed by atoms with Crippen LogP contribution in [0.5, 0.6) is 5.75 Å². The highest BCUT2D eigenvalue weighted by Crippen LogP contribution is 2.27. The van der Waals surface area contributed by atoms with E-state index in [1.54, 1.807) is 23.6 Å². The maximum atomic E-state index is 13.1. The number of ketones is 1. The van der Waals surface area contributed by atoms with Gasteiger partial charge < -0.3 is 14.2 Å². The molecule has 1 aromatic carbocycles. The van der Waals surface area contributed by atoms with E-state index in [0.717, 1.165) is 16.9 Å². The van der Waals surface area contributed by atoms with Crippen molar-refractivity contribution in [3.05, 3.63) is 45.6 Å². The summed E-state index contributed by atoms with van der Waals surface area (Å²) in [7, 11) is -2.66. The number of carbonyl (C=O) groups is 2. The molecular weight excluding hydrogens is 430 g/mol. The van der Waals surface area contributed by atoms with Crippen LogP contribution in [0.3, 0.4) is 0 Å². The van der Waals surface area contributed by atoms with Gasteiger partial charge >= 0.3 is 5.97 Å². The molecule has 30 heavy (non-hydrogen) atoms. The zero-order valence-electron chi connectivity index (χ0n) is 16.9. The number of nitrogens with zero attached hydrogens (tertiary/aromatic N) is 1. The van der Waals surface area contributed by atoms with Crippen LogP contribution >= 0.6 is 11.3 Å². The first kappa shape index (κ1) is 22.4. The molecule has 0 radical (unpaired) electrons. The summed E-state index contributed by atoms with van der Waals surface area (Å²) in [6, 6.07) is 6.58. The molecule has 0 aliphatic carbocycles. The zero-order valence-corrected chi connectivity index (χ0v) is 18.5. The number of methoxy groups -OCH3 is 1. The van der Waals surface area contributed by atoms with Crippen LogP contribution in [0, 0.1) is 6.92 Å². The number of sulfonamides is 1. The lowest BCUT2D eigenvalue weighted by Crippen LogP contribution is -2.47. The van der Waals surface area contributed by atoms with Crippen LogP contribution < -0.4 is 4.74 Å². The Morgan fingerprint density at radius 3 is 2.73 bits per heavy atom. The number of morpholine rings is 1. The van der Waals surface area contributed by atoms with Gasteiger partial charge in [0.2, 0.25) is 10.0 Å². The molecule has 0 spiro atoms. The summed E-state index contributed by atoms with van der Waals surface area (Å²) in [4.78, 5) is 23.4. The molecular formula is C20H23NO7S2. The Balaban J connectivity index is 1.68. The topological polar surface area (TPSA) is 99.2 Å². The minimum atomic E-state index is -3.87. The summed E-state index contributed by atoms with van der Waals surface area (Å²) in [6.07, 6.45) is -0.471. The second kappa shape index (κ2) is 9.25. The van der Waals surface area contributed by atoms with Crippen LogP contribution in [0.4, 0.5) is 0 Å². The van der Waals surface area contributed by atoms with Gasteiger partial charge in [-0.25, -0.2) is 13.2 Å². The Bertz CT molecular complexity index is 1050. The quantitative estimate of drug-likeness (QED) is 0.469. The van der Waals surface area contributed by atoms with Gasteiger partial charge in [-0.3, -0.25) is 4.79 Å². The molecule has 1 unspecified atom stereocenters. The first-order valence-corrected chi connectivity index (χ1v) is 11.6. The lowest BCUT2D eigenvalue weighted by molar-refractivity contribution is -0.0249. The Morgan fingerprint density at radius 1 is 1.30 bits per heavy atom. The molecule has 1 aliphatic rings. The average Bonchev–Trinajstić information content (AvgIpc) is 3.22. The number of hydrogen-bond acceptors (Lipinski definition) is 8. The molecule has 8 nitrogen and oxygen atoms in total. The lowest BCUT2D eigenvalue weighted by Gasteiger charge is -2.32. The Morgan fingerprint density at radius 2 is 2.07 bits per heavy atom. The SMILES string of the molecule is COC(=O)c1sccc1S(=O)(=O)N1CCOC(COc2ccc(C(C)=O)c(C)c2)C1. The maximum absolute atomic E-state index is 13.1. The first-order chi connectivity index (χ1) is 14.2. The van der Waals surface area contributed by atoms with E-state index < -0.39 is 22.1 Å². The molecule has 1 fully saturated rings. The largest absolute Gasteiger partial charge is 0.491 e. The van der Waals surface area contributed by atoms with E-state index in [1.807, 2.05) is 6.92 Å². The van der Waals surface area contributed by atoms with E-state index in [2.05, 4.69) is 4.74 Å². The number of Topliss-reactive ketones (excluding diaryl/α,β-unsaturated/α-hetero) is 1. The Labute approximate surface area is 179 Å². The zero-order chi connectivity index (χ0) is 21.9. The number of ether oxygens (including phenoxy) is 3. The third-order valence-electron chi connectivity index (χ3n) is 4.73. The van der Waals surface area contributed by atoms with E-state index in [9.17, 15) is 18.0 Å². The molecule has 0 amide bonds. The van der Waals surface area contributed by atoms with Gasteiger partial charge in [0.1, 0.15) is 28.2 Å². The third kappa shape index (κ3) is 4.72. The predicted molar refractivity (Wildman–Crippen MR) is 111 cm³/mol. The fourth-order valence-corrected chi connectivity index (χ4v) is 5.97. The van der Waals surface area contributed by atoms with Crippen molar-refractivity contribution in [2.75, 3.05) is 33.4 Å². The fraction of sp³-hybridized carbons (Fsp3) is 0.400. The molecule has 1 aromatic heterocycles. The standard InChI is InChI=1S/C20H23NO7S2/c1-13-10-15(4-5-17(13)14(2)22)28-12-16-11-21(7-8-27-16)30(24,25)18-6-9-29-19(18)20(23)26-3/h4-6,9-10,16H,7-8,11-12H2,1-3H3. The second-order valence-corrected chi connectivity index (χ2v) is 9.63. The van der Waals surface area contributed by atoms with Crippen molar-refractivity contribution in [1.29, 1.82) is 0 Å². The number of carbonyl (C=O) groups excluding carboxylic acids is 2. The summed E-state index contributed by atoms with van der Waals surface area (Å²) in [6.45, 7) is 3.98. The summed E-state index contributed by atoms with van der Waals surface area (Å²) in [5, 5.41) is 1.55. The normalized spacial score (nSPS) is 17.5. The predicted octanol–water partition coefficient (Wildman–Crippen LogP) is 2.51. The molecule has 1 aliphatic heterocycles. The molecule has 0 bridgehead atoms. The second-order valence-electron chi connectivity index (χ2n) is 6.81. The van der Waals surface area contributed by atoms with Crippen LogP contribution in [-0.2, 0) is 19.5 Å². The van der Waals surface area contributed by atoms with Gasteiger partial charge in [-0.15, -0.1) is 11.3 Å². The number of hydrogen-bond donors (Lipinski definition) is 0. The number of thiophene rings is 1. The molecule has 0 saturated carbocycles. The van der Waals surface area contributed by atoms with E-state index in [0.29, 0.717) is 11.3 Å². The van der Waals surface area contributed by atoms with Crippen molar-refractivity contribution in [2.24, 2.45) is 0 Å². The summed E-state index contributed by atoms with van der Waals surface area (Å²) >= 11 is 1.03. The highest BCUT2D eigenvalue weighted by Gasteiger charge is 2.34. The van der Waals surface area contributed by atoms with Crippen LogP contribution in [0.25, 0.3) is 0 Å². The molecule has 10 heteroatoms. The van der Waals surface area contributed by atoms with Gasteiger partial charge in [0, 0.05) is 18.7 Å². The van der Waals surface area contributed by atoms with Gasteiger partial charge in [-0.1, -0.05) is 0 Å². The molecule has 0 N–H and O–H groups in total. The van der Waals surface area contributed by atoms with Gasteiger partial charge in [0.05, 0.1) is 13.7 Å². The highest BCUT2D eigenvalue weighted by atomic mass is 32.2. The number of esters is 1. The van der Waals surface area contributed by atoms with Crippen molar-refractivity contribution < 1.29 is 32.2 Å². The average molecular weight is 454 g/mol. The lowest BCUT2D eigenvalue weighted by atomic mass is 10.1. The van der Waals surface area contributed by atoms with Gasteiger partial charge in [0.25, 0.3) is 0 Å². The first-order valence-electron chi connectivity index (χ1n) is 9.26. The van der Waals surface area contributed by atoms with Gasteiger partial charge in [0.15, 0.2) is 5.78 Å². The van der Waals surface area contributed by atoms with Crippen molar-refractivity contribution in [2.45, 2.75) is 24.8 Å². The summed E-state index contributed by atoms with van der Waals surface area (Å²) < 4.78 is 43.5. The van der Waals surface area contributed by atoms with E-state index in [4.69, 9.17) is 9.47 Å². The highest BCUT2D eigenvalue weighted by molar-refractivity contribution is 7.89. The Kier molecular flexibility index (Phi) is 6.91. The smallest absolute Gasteiger partial charge is 0.349 e. The minimum absolute atomic E-state index is 0.0183. The maximum Gasteiger partial charge on any atom is 0.349 e. The molecule has 1 saturated heterocycles. The molecule has 3 rings (SSSR count). The minimum Gasteiger partial charge on any atom is -0.491 e. The van der Waals surface area contributed by atoms with Crippen LogP contribution in [0.1, 0.15) is 32.5 Å². The third-order valence-corrected chi connectivity index (χ3v) is 7.66. The van der Waals surface area contributed by atoms with E-state index >= 15 is 0 Å².